The second kappa shape index (κ2) is 5.66. The van der Waals surface area contributed by atoms with Crippen LogP contribution in [-0.2, 0) is 9.53 Å². The van der Waals surface area contributed by atoms with Crippen molar-refractivity contribution in [3.63, 3.8) is 0 Å². The summed E-state index contributed by atoms with van der Waals surface area (Å²) in [5.74, 6) is -0.842. The Bertz CT molecular complexity index is 442. The number of aromatic nitrogens is 2. The number of hydrogen-bond acceptors (Lipinski definition) is 4. The molecule has 100 valence electrons. The normalized spacial score (nSPS) is 13.8. The van der Waals surface area contributed by atoms with Crippen LogP contribution < -0.4 is 5.32 Å². The minimum atomic E-state index is -1.02. The molecule has 1 aromatic rings. The van der Waals surface area contributed by atoms with Crippen LogP contribution in [0.3, 0.4) is 0 Å². The van der Waals surface area contributed by atoms with Gasteiger partial charge < -0.3 is 10.1 Å². The van der Waals surface area contributed by atoms with Crippen molar-refractivity contribution in [1.82, 2.24) is 15.5 Å². The molecule has 1 amide bonds. The lowest BCUT2D eigenvalue weighted by atomic mass is 9.96. The quantitative estimate of drug-likeness (QED) is 0.772. The highest BCUT2D eigenvalue weighted by Gasteiger charge is 2.35. The Hall–Kier alpha value is -1.85. The molecule has 0 saturated heterocycles. The summed E-state index contributed by atoms with van der Waals surface area (Å²) in [6.45, 7) is 5.39. The first kappa shape index (κ1) is 14.2. The van der Waals surface area contributed by atoms with Crippen LogP contribution in [0.4, 0.5) is 0 Å². The van der Waals surface area contributed by atoms with Crippen molar-refractivity contribution in [3.05, 3.63) is 17.5 Å². The largest absolute Gasteiger partial charge is 0.467 e. The van der Waals surface area contributed by atoms with Crippen LogP contribution in [0.15, 0.2) is 6.07 Å². The van der Waals surface area contributed by atoms with E-state index in [-0.39, 0.29) is 11.6 Å². The summed E-state index contributed by atoms with van der Waals surface area (Å²) >= 11 is 0. The third kappa shape index (κ3) is 3.09. The molecule has 6 heteroatoms. The maximum atomic E-state index is 12.0. The summed E-state index contributed by atoms with van der Waals surface area (Å²) in [5.41, 5.74) is 0.0297. The molecule has 1 heterocycles. The zero-order valence-electron chi connectivity index (χ0n) is 11.2. The topological polar surface area (TPSA) is 84.1 Å². The first-order valence-electron chi connectivity index (χ1n) is 5.86. The minimum Gasteiger partial charge on any atom is -0.467 e. The number of carbonyl (C=O) groups is 2. The molecule has 0 aliphatic rings. The zero-order chi connectivity index (χ0) is 13.8. The van der Waals surface area contributed by atoms with Crippen molar-refractivity contribution >= 4 is 11.9 Å². The van der Waals surface area contributed by atoms with Gasteiger partial charge in [-0.3, -0.25) is 9.89 Å². The van der Waals surface area contributed by atoms with Gasteiger partial charge in [0.15, 0.2) is 0 Å². The fourth-order valence-electron chi connectivity index (χ4n) is 1.79. The van der Waals surface area contributed by atoms with Crippen molar-refractivity contribution in [3.8, 4) is 0 Å². The summed E-state index contributed by atoms with van der Waals surface area (Å²) in [7, 11) is 1.31. The average Bonchev–Trinajstić information content (AvgIpc) is 2.75. The molecule has 0 spiro atoms. The van der Waals surface area contributed by atoms with Gasteiger partial charge in [0.1, 0.15) is 11.2 Å². The number of esters is 1. The summed E-state index contributed by atoms with van der Waals surface area (Å²) < 4.78 is 4.73. The first-order chi connectivity index (χ1) is 8.42. The van der Waals surface area contributed by atoms with Crippen LogP contribution in [0, 0.1) is 6.92 Å². The van der Waals surface area contributed by atoms with Gasteiger partial charge in [0.2, 0.25) is 0 Å². The van der Waals surface area contributed by atoms with Gasteiger partial charge in [0.05, 0.1) is 7.11 Å². The predicted octanol–water partition coefficient (Wildman–Crippen LogP) is 1.18. The minimum absolute atomic E-state index is 0.263. The molecule has 1 rings (SSSR count). The Balaban J connectivity index is 2.84. The van der Waals surface area contributed by atoms with E-state index in [1.54, 1.807) is 19.9 Å². The van der Waals surface area contributed by atoms with Crippen molar-refractivity contribution in [2.45, 2.75) is 39.2 Å². The Morgan fingerprint density at radius 1 is 1.56 bits per heavy atom. The number of hydrogen-bond donors (Lipinski definition) is 2. The number of aryl methyl sites for hydroxylation is 1. The maximum absolute atomic E-state index is 12.0. The SMILES string of the molecule is CCCC(C)(NC(=O)c1cc(C)[nH]n1)C(=O)OC. The smallest absolute Gasteiger partial charge is 0.331 e. The molecule has 1 atom stereocenters. The van der Waals surface area contributed by atoms with Gasteiger partial charge in [0.25, 0.3) is 5.91 Å². The fraction of sp³-hybridized carbons (Fsp3) is 0.583. The summed E-state index contributed by atoms with van der Waals surface area (Å²) in [6, 6.07) is 1.62. The molecular weight excluding hydrogens is 234 g/mol. The highest BCUT2D eigenvalue weighted by Crippen LogP contribution is 2.15. The molecule has 1 unspecified atom stereocenters. The lowest BCUT2D eigenvalue weighted by Gasteiger charge is -2.27. The van der Waals surface area contributed by atoms with E-state index in [9.17, 15) is 9.59 Å². The standard InChI is InChI=1S/C12H19N3O3/c1-5-6-12(3,11(17)18-4)13-10(16)9-7-8(2)14-15-9/h7H,5-6H2,1-4H3,(H,13,16)(H,14,15). The maximum Gasteiger partial charge on any atom is 0.331 e. The monoisotopic (exact) mass is 253 g/mol. The van der Waals surface area contributed by atoms with Crippen LogP contribution in [-0.4, -0.2) is 34.7 Å². The van der Waals surface area contributed by atoms with E-state index in [0.29, 0.717) is 6.42 Å². The highest BCUT2D eigenvalue weighted by atomic mass is 16.5. The third-order valence-corrected chi connectivity index (χ3v) is 2.71. The zero-order valence-corrected chi connectivity index (χ0v) is 11.2. The number of methoxy groups -OCH3 is 1. The Morgan fingerprint density at radius 3 is 2.67 bits per heavy atom. The van der Waals surface area contributed by atoms with E-state index in [1.165, 1.54) is 7.11 Å². The lowest BCUT2D eigenvalue weighted by Crippen LogP contribution is -2.52. The van der Waals surface area contributed by atoms with Crippen LogP contribution in [0.2, 0.25) is 0 Å². The average molecular weight is 253 g/mol. The van der Waals surface area contributed by atoms with Gasteiger partial charge in [-0.25, -0.2) is 4.79 Å². The van der Waals surface area contributed by atoms with Crippen molar-refractivity contribution in [2.75, 3.05) is 7.11 Å². The van der Waals surface area contributed by atoms with Gasteiger partial charge in [-0.2, -0.15) is 5.10 Å². The molecule has 0 aliphatic carbocycles. The van der Waals surface area contributed by atoms with E-state index in [4.69, 9.17) is 4.74 Å². The molecular formula is C12H19N3O3. The number of nitrogens with one attached hydrogen (secondary N) is 2. The number of H-pyrrole nitrogens is 1. The molecule has 18 heavy (non-hydrogen) atoms. The molecule has 2 N–H and O–H groups in total. The third-order valence-electron chi connectivity index (χ3n) is 2.71. The Kier molecular flexibility index (Phi) is 4.47. The fourth-order valence-corrected chi connectivity index (χ4v) is 1.79. The summed E-state index contributed by atoms with van der Waals surface area (Å²) in [5, 5.41) is 9.22. The van der Waals surface area contributed by atoms with E-state index < -0.39 is 11.5 Å². The second-order valence-corrected chi connectivity index (χ2v) is 4.46. The second-order valence-electron chi connectivity index (χ2n) is 4.46. The molecule has 1 aromatic heterocycles. The van der Waals surface area contributed by atoms with E-state index >= 15 is 0 Å². The van der Waals surface area contributed by atoms with E-state index in [0.717, 1.165) is 12.1 Å². The Morgan fingerprint density at radius 2 is 2.22 bits per heavy atom. The number of rotatable bonds is 5. The summed E-state index contributed by atoms with van der Waals surface area (Å²) in [6.07, 6.45) is 1.26. The molecule has 0 fully saturated rings. The predicted molar refractivity (Wildman–Crippen MR) is 66.1 cm³/mol. The summed E-state index contributed by atoms with van der Waals surface area (Å²) in [4.78, 5) is 23.7. The molecule has 6 nitrogen and oxygen atoms in total. The van der Waals surface area contributed by atoms with Gasteiger partial charge in [-0.1, -0.05) is 13.3 Å². The molecule has 0 aliphatic heterocycles. The van der Waals surface area contributed by atoms with Gasteiger partial charge in [0, 0.05) is 5.69 Å². The molecule has 0 saturated carbocycles. The Labute approximate surface area is 106 Å². The van der Waals surface area contributed by atoms with Gasteiger partial charge in [-0.05, 0) is 26.3 Å². The van der Waals surface area contributed by atoms with Crippen molar-refractivity contribution in [2.24, 2.45) is 0 Å². The van der Waals surface area contributed by atoms with Crippen LogP contribution in [0.25, 0.3) is 0 Å². The number of nitrogens with zero attached hydrogens (tertiary/aromatic N) is 1. The highest BCUT2D eigenvalue weighted by molar-refractivity contribution is 5.96. The van der Waals surface area contributed by atoms with Crippen LogP contribution in [0.1, 0.15) is 42.9 Å². The molecule has 0 bridgehead atoms. The number of aromatic amines is 1. The van der Waals surface area contributed by atoms with Gasteiger partial charge in [-0.15, -0.1) is 0 Å². The van der Waals surface area contributed by atoms with E-state index in [2.05, 4.69) is 15.5 Å². The van der Waals surface area contributed by atoms with Crippen molar-refractivity contribution in [1.29, 1.82) is 0 Å². The van der Waals surface area contributed by atoms with Crippen LogP contribution >= 0.6 is 0 Å². The number of amides is 1. The number of ether oxygens (including phenoxy) is 1. The van der Waals surface area contributed by atoms with Gasteiger partial charge >= 0.3 is 5.97 Å². The van der Waals surface area contributed by atoms with Crippen molar-refractivity contribution < 1.29 is 14.3 Å². The first-order valence-corrected chi connectivity index (χ1v) is 5.86. The lowest BCUT2D eigenvalue weighted by molar-refractivity contribution is -0.147. The molecule has 0 radical (unpaired) electrons. The molecule has 0 aromatic carbocycles. The van der Waals surface area contributed by atoms with E-state index in [1.807, 2.05) is 6.92 Å². The van der Waals surface area contributed by atoms with Crippen LogP contribution in [0.5, 0.6) is 0 Å². The number of carbonyl (C=O) groups excluding carboxylic acids is 2.